The minimum absolute atomic E-state index is 0.0164. The van der Waals surface area contributed by atoms with Crippen molar-refractivity contribution < 1.29 is 9.21 Å². The third-order valence-electron chi connectivity index (χ3n) is 4.81. The Bertz CT molecular complexity index is 1050. The summed E-state index contributed by atoms with van der Waals surface area (Å²) in [5, 5.41) is 14.2. The molecular weight excluding hydrogens is 324 g/mol. The van der Waals surface area contributed by atoms with E-state index in [0.717, 1.165) is 23.0 Å². The summed E-state index contributed by atoms with van der Waals surface area (Å²) in [7, 11) is 0. The van der Waals surface area contributed by atoms with Crippen LogP contribution >= 0.6 is 0 Å². The van der Waals surface area contributed by atoms with Gasteiger partial charge < -0.3 is 9.73 Å². The predicted molar refractivity (Wildman–Crippen MR) is 101 cm³/mol. The van der Waals surface area contributed by atoms with Crippen molar-refractivity contribution in [2.45, 2.75) is 19.3 Å². The van der Waals surface area contributed by atoms with Crippen LogP contribution in [0.25, 0.3) is 16.8 Å². The van der Waals surface area contributed by atoms with E-state index in [9.17, 15) is 10.1 Å². The smallest absolute Gasteiger partial charge is 0.266 e. The second-order valence-electron chi connectivity index (χ2n) is 6.71. The molecule has 0 radical (unpaired) electrons. The maximum Gasteiger partial charge on any atom is 0.266 e. The quantitative estimate of drug-likeness (QED) is 0.530. The topological polar surface area (TPSA) is 66.0 Å². The molecule has 2 aromatic carbocycles. The Hall–Kier alpha value is -3.32. The number of furan rings is 1. The highest BCUT2D eigenvalue weighted by Gasteiger charge is 2.36. The number of nitriles is 1. The molecule has 0 bridgehead atoms. The monoisotopic (exact) mass is 342 g/mol. The predicted octanol–water partition coefficient (Wildman–Crippen LogP) is 5.10. The van der Waals surface area contributed by atoms with Gasteiger partial charge in [0.15, 0.2) is 0 Å². The van der Waals surface area contributed by atoms with E-state index in [0.29, 0.717) is 23.3 Å². The first-order valence-electron chi connectivity index (χ1n) is 8.66. The molecule has 1 aliphatic carbocycles. The molecule has 1 aliphatic rings. The second kappa shape index (κ2) is 6.53. The molecule has 0 aliphatic heterocycles. The molecule has 0 spiro atoms. The van der Waals surface area contributed by atoms with Crippen LogP contribution in [0.1, 0.15) is 30.8 Å². The van der Waals surface area contributed by atoms with E-state index in [1.165, 1.54) is 6.08 Å². The average molecular weight is 342 g/mol. The van der Waals surface area contributed by atoms with Crippen LogP contribution in [0.2, 0.25) is 0 Å². The lowest BCUT2D eigenvalue weighted by molar-refractivity contribution is -0.112. The first-order valence-corrected chi connectivity index (χ1v) is 8.66. The Morgan fingerprint density at radius 1 is 1.19 bits per heavy atom. The molecule has 1 fully saturated rings. The Balaban J connectivity index is 1.57. The molecule has 4 heteroatoms. The van der Waals surface area contributed by atoms with Gasteiger partial charge in [-0.3, -0.25) is 4.79 Å². The van der Waals surface area contributed by atoms with Gasteiger partial charge in [0.2, 0.25) is 0 Å². The zero-order valence-corrected chi connectivity index (χ0v) is 14.4. The molecule has 3 aromatic rings. The largest absolute Gasteiger partial charge is 0.461 e. The van der Waals surface area contributed by atoms with Gasteiger partial charge in [0.05, 0.1) is 0 Å². The number of anilines is 1. The molecule has 0 unspecified atom stereocenters. The minimum Gasteiger partial charge on any atom is -0.461 e. The Labute approximate surface area is 151 Å². The van der Waals surface area contributed by atoms with Crippen molar-refractivity contribution in [1.82, 2.24) is 0 Å². The lowest BCUT2D eigenvalue weighted by Gasteiger charge is -2.08. The SMILES string of the molecule is C[C@@H]1C[C@H]1c1ccc(/C=C(\C#N)C(=O)Nc2cccc3ccccc23)o1. The molecule has 26 heavy (non-hydrogen) atoms. The standard InChI is InChI=1S/C22H18N2O2/c1-14-11-19(14)21-10-9-17(26-21)12-16(13-23)22(25)24-20-8-4-6-15-5-2-3-7-18(15)20/h2-10,12,14,19H,11H2,1H3,(H,24,25)/b16-12+/t14-,19-/m1/s1. The number of amides is 1. The van der Waals surface area contributed by atoms with Crippen molar-refractivity contribution >= 4 is 28.4 Å². The summed E-state index contributed by atoms with van der Waals surface area (Å²) in [4.78, 5) is 12.6. The molecule has 4 rings (SSSR count). The molecule has 1 heterocycles. The number of hydrogen-bond donors (Lipinski definition) is 1. The summed E-state index contributed by atoms with van der Waals surface area (Å²) in [6, 6.07) is 19.2. The Morgan fingerprint density at radius 2 is 1.96 bits per heavy atom. The number of carbonyl (C=O) groups excluding carboxylic acids is 1. The number of benzene rings is 2. The maximum absolute atomic E-state index is 12.6. The van der Waals surface area contributed by atoms with Gasteiger partial charge in [-0.15, -0.1) is 0 Å². The van der Waals surface area contributed by atoms with Crippen LogP contribution in [-0.2, 0) is 4.79 Å². The van der Waals surface area contributed by atoms with Crippen molar-refractivity contribution in [2.75, 3.05) is 5.32 Å². The number of fused-ring (bicyclic) bond motifs is 1. The summed E-state index contributed by atoms with van der Waals surface area (Å²) in [6.45, 7) is 2.18. The molecule has 0 saturated heterocycles. The molecule has 1 N–H and O–H groups in total. The molecule has 1 saturated carbocycles. The first kappa shape index (κ1) is 16.2. The highest BCUT2D eigenvalue weighted by Crippen LogP contribution is 2.47. The first-order chi connectivity index (χ1) is 12.7. The van der Waals surface area contributed by atoms with Crippen molar-refractivity contribution in [1.29, 1.82) is 5.26 Å². The van der Waals surface area contributed by atoms with E-state index < -0.39 is 5.91 Å². The number of rotatable bonds is 4. The molecule has 128 valence electrons. The van der Waals surface area contributed by atoms with E-state index in [4.69, 9.17) is 4.42 Å². The second-order valence-corrected chi connectivity index (χ2v) is 6.71. The zero-order chi connectivity index (χ0) is 18.1. The zero-order valence-electron chi connectivity index (χ0n) is 14.4. The van der Waals surface area contributed by atoms with Crippen LogP contribution in [0.15, 0.2) is 64.6 Å². The Morgan fingerprint density at radius 3 is 2.73 bits per heavy atom. The van der Waals surface area contributed by atoms with Gasteiger partial charge in [-0.05, 0) is 35.9 Å². The van der Waals surface area contributed by atoms with E-state index in [1.807, 2.05) is 60.7 Å². The highest BCUT2D eigenvalue weighted by atomic mass is 16.3. The van der Waals surface area contributed by atoms with Crippen molar-refractivity contribution in [3.05, 3.63) is 71.7 Å². The van der Waals surface area contributed by atoms with Crippen LogP contribution < -0.4 is 5.32 Å². The fourth-order valence-electron chi connectivity index (χ4n) is 3.18. The van der Waals surface area contributed by atoms with Crippen LogP contribution in [0.5, 0.6) is 0 Å². The normalized spacial score (nSPS) is 19.2. The van der Waals surface area contributed by atoms with Crippen molar-refractivity contribution in [3.8, 4) is 6.07 Å². The van der Waals surface area contributed by atoms with Gasteiger partial charge >= 0.3 is 0 Å². The fraction of sp³-hybridized carbons (Fsp3) is 0.182. The molecule has 1 amide bonds. The number of carbonyl (C=O) groups is 1. The van der Waals surface area contributed by atoms with Gasteiger partial charge in [0.25, 0.3) is 5.91 Å². The van der Waals surface area contributed by atoms with Crippen molar-refractivity contribution in [3.63, 3.8) is 0 Å². The van der Waals surface area contributed by atoms with Gasteiger partial charge in [0.1, 0.15) is 23.2 Å². The van der Waals surface area contributed by atoms with Gasteiger partial charge in [-0.2, -0.15) is 5.26 Å². The maximum atomic E-state index is 12.6. The van der Waals surface area contributed by atoms with E-state index in [-0.39, 0.29) is 5.57 Å². The lowest BCUT2D eigenvalue weighted by Crippen LogP contribution is -2.13. The molecular formula is C22H18N2O2. The van der Waals surface area contributed by atoms with Crippen LogP contribution in [0, 0.1) is 17.2 Å². The molecule has 4 nitrogen and oxygen atoms in total. The number of nitrogens with one attached hydrogen (secondary N) is 1. The minimum atomic E-state index is -0.443. The van der Waals surface area contributed by atoms with Crippen molar-refractivity contribution in [2.24, 2.45) is 5.92 Å². The summed E-state index contributed by atoms with van der Waals surface area (Å²) in [5.41, 5.74) is 0.698. The average Bonchev–Trinajstić information content (AvgIpc) is 3.20. The third-order valence-corrected chi connectivity index (χ3v) is 4.81. The summed E-state index contributed by atoms with van der Waals surface area (Å²) in [5.74, 6) is 2.12. The fourth-order valence-corrected chi connectivity index (χ4v) is 3.18. The van der Waals surface area contributed by atoms with Crippen LogP contribution in [0.3, 0.4) is 0 Å². The van der Waals surface area contributed by atoms with E-state index in [1.54, 1.807) is 0 Å². The molecule has 1 aromatic heterocycles. The summed E-state index contributed by atoms with van der Waals surface area (Å²) >= 11 is 0. The van der Waals surface area contributed by atoms with E-state index >= 15 is 0 Å². The lowest BCUT2D eigenvalue weighted by atomic mass is 10.1. The van der Waals surface area contributed by atoms with E-state index in [2.05, 4.69) is 12.2 Å². The Kier molecular flexibility index (Phi) is 4.06. The summed E-state index contributed by atoms with van der Waals surface area (Å²) in [6.07, 6.45) is 2.63. The van der Waals surface area contributed by atoms with Gasteiger partial charge in [-0.25, -0.2) is 0 Å². The number of hydrogen-bond acceptors (Lipinski definition) is 3. The van der Waals surface area contributed by atoms with Crippen LogP contribution in [0.4, 0.5) is 5.69 Å². The van der Waals surface area contributed by atoms with Crippen LogP contribution in [-0.4, -0.2) is 5.91 Å². The highest BCUT2D eigenvalue weighted by molar-refractivity contribution is 6.12. The molecule has 2 atom stereocenters. The third kappa shape index (κ3) is 3.12. The summed E-state index contributed by atoms with van der Waals surface area (Å²) < 4.78 is 5.77. The van der Waals surface area contributed by atoms with Gasteiger partial charge in [-0.1, -0.05) is 43.3 Å². The van der Waals surface area contributed by atoms with Gasteiger partial charge in [0, 0.05) is 23.1 Å². The number of nitrogens with zero attached hydrogens (tertiary/aromatic N) is 1.